The van der Waals surface area contributed by atoms with Gasteiger partial charge in [0.15, 0.2) is 0 Å². The van der Waals surface area contributed by atoms with Crippen molar-refractivity contribution in [2.45, 2.75) is 51.9 Å². The fourth-order valence-corrected chi connectivity index (χ4v) is 3.93. The van der Waals surface area contributed by atoms with Crippen LogP contribution in [-0.4, -0.2) is 35.6 Å². The molecule has 1 amide bonds. The van der Waals surface area contributed by atoms with Gasteiger partial charge in [-0.3, -0.25) is 4.79 Å². The van der Waals surface area contributed by atoms with Crippen molar-refractivity contribution in [3.63, 3.8) is 0 Å². The monoisotopic (exact) mass is 486 g/mol. The molecule has 2 aromatic carbocycles. The van der Waals surface area contributed by atoms with Crippen LogP contribution >= 0.6 is 0 Å². The fraction of sp³-hybridized carbons (Fsp3) is 0.393. The number of aromatic nitrogens is 1. The summed E-state index contributed by atoms with van der Waals surface area (Å²) in [4.78, 5) is 15.2. The van der Waals surface area contributed by atoms with Gasteiger partial charge in [0.25, 0.3) is 5.91 Å². The number of hydrogen-bond donors (Lipinski definition) is 0. The van der Waals surface area contributed by atoms with Gasteiger partial charge in [-0.25, -0.2) is 0 Å². The van der Waals surface area contributed by atoms with Gasteiger partial charge in [-0.1, -0.05) is 45.0 Å². The number of amides is 1. The van der Waals surface area contributed by atoms with Gasteiger partial charge < -0.3 is 14.2 Å². The van der Waals surface area contributed by atoms with Crippen LogP contribution in [0.15, 0.2) is 66.9 Å². The van der Waals surface area contributed by atoms with Crippen molar-refractivity contribution >= 4 is 5.91 Å². The highest BCUT2D eigenvalue weighted by molar-refractivity contribution is 5.94. The molecular weight excluding hydrogens is 453 g/mol. The predicted molar refractivity (Wildman–Crippen MR) is 131 cm³/mol. The number of benzene rings is 2. The van der Waals surface area contributed by atoms with Gasteiger partial charge in [0, 0.05) is 44.3 Å². The highest BCUT2D eigenvalue weighted by Gasteiger charge is 2.30. The van der Waals surface area contributed by atoms with Gasteiger partial charge in [0.2, 0.25) is 0 Å². The van der Waals surface area contributed by atoms with Crippen LogP contribution in [-0.2, 0) is 29.4 Å². The Bertz CT molecular complexity index is 1110. The van der Waals surface area contributed by atoms with Gasteiger partial charge in [0.05, 0.1) is 12.1 Å². The summed E-state index contributed by atoms with van der Waals surface area (Å²) in [5.41, 5.74) is 2.47. The standard InChI is InChI=1S/C28H33F3N2O2/c1-27(2,3)23-13-11-22(12-14-23)26(34)33(16-7-17-35-4)20-25-10-6-15-32(25)19-21-8-5-9-24(18-21)28(29,30)31/h5-6,8-15,18H,7,16-17,19-20H2,1-4H3. The van der Waals surface area contributed by atoms with Crippen LogP contribution in [0.4, 0.5) is 13.2 Å². The van der Waals surface area contributed by atoms with Crippen molar-refractivity contribution in [1.29, 1.82) is 0 Å². The van der Waals surface area contributed by atoms with Crippen molar-refractivity contribution in [1.82, 2.24) is 9.47 Å². The topological polar surface area (TPSA) is 34.5 Å². The molecule has 0 unspecified atom stereocenters. The van der Waals surface area contributed by atoms with Crippen LogP contribution in [0.5, 0.6) is 0 Å². The maximum Gasteiger partial charge on any atom is 0.416 e. The molecular formula is C28H33F3N2O2. The molecule has 3 aromatic rings. The molecule has 7 heteroatoms. The second-order valence-corrected chi connectivity index (χ2v) is 9.73. The van der Waals surface area contributed by atoms with E-state index in [-0.39, 0.29) is 17.9 Å². The summed E-state index contributed by atoms with van der Waals surface area (Å²) in [6.07, 6.45) is -1.88. The lowest BCUT2D eigenvalue weighted by atomic mass is 9.86. The number of alkyl halides is 3. The van der Waals surface area contributed by atoms with Crippen LogP contribution < -0.4 is 0 Å². The second kappa shape index (κ2) is 11.1. The average molecular weight is 487 g/mol. The summed E-state index contributed by atoms with van der Waals surface area (Å²) >= 11 is 0. The van der Waals surface area contributed by atoms with E-state index in [1.54, 1.807) is 18.1 Å². The average Bonchev–Trinajstić information content (AvgIpc) is 3.23. The molecule has 0 saturated heterocycles. The first-order valence-corrected chi connectivity index (χ1v) is 11.7. The van der Waals surface area contributed by atoms with Crippen LogP contribution in [0.25, 0.3) is 0 Å². The molecule has 0 aliphatic rings. The summed E-state index contributed by atoms with van der Waals surface area (Å²) in [5.74, 6) is -0.0895. The lowest BCUT2D eigenvalue weighted by Crippen LogP contribution is -2.33. The van der Waals surface area contributed by atoms with Crippen molar-refractivity contribution in [2.75, 3.05) is 20.3 Å². The van der Waals surface area contributed by atoms with Crippen molar-refractivity contribution in [2.24, 2.45) is 0 Å². The molecule has 4 nitrogen and oxygen atoms in total. The minimum Gasteiger partial charge on any atom is -0.385 e. The lowest BCUT2D eigenvalue weighted by molar-refractivity contribution is -0.137. The Kier molecular flexibility index (Phi) is 8.43. The van der Waals surface area contributed by atoms with Gasteiger partial charge in [-0.05, 0) is 59.4 Å². The van der Waals surface area contributed by atoms with E-state index < -0.39 is 11.7 Å². The number of halogens is 3. The van der Waals surface area contributed by atoms with Crippen LogP contribution in [0.2, 0.25) is 0 Å². The normalized spacial score (nSPS) is 12.1. The van der Waals surface area contributed by atoms with E-state index in [9.17, 15) is 18.0 Å². The van der Waals surface area contributed by atoms with E-state index in [0.29, 0.717) is 37.2 Å². The highest BCUT2D eigenvalue weighted by Crippen LogP contribution is 2.30. The van der Waals surface area contributed by atoms with Crippen molar-refractivity contribution in [3.8, 4) is 0 Å². The number of nitrogens with zero attached hydrogens (tertiary/aromatic N) is 2. The van der Waals surface area contributed by atoms with Crippen molar-refractivity contribution < 1.29 is 22.7 Å². The quantitative estimate of drug-likeness (QED) is 0.322. The third-order valence-corrected chi connectivity index (χ3v) is 5.95. The molecule has 0 fully saturated rings. The number of carbonyl (C=O) groups is 1. The summed E-state index contributed by atoms with van der Waals surface area (Å²) in [6, 6.07) is 16.8. The Morgan fingerprint density at radius 2 is 1.69 bits per heavy atom. The molecule has 0 aliphatic carbocycles. The number of hydrogen-bond acceptors (Lipinski definition) is 2. The van der Waals surface area contributed by atoms with Crippen LogP contribution in [0, 0.1) is 0 Å². The van der Waals surface area contributed by atoms with Crippen molar-refractivity contribution in [3.05, 3.63) is 94.8 Å². The number of rotatable bonds is 9. The smallest absolute Gasteiger partial charge is 0.385 e. The van der Waals surface area contributed by atoms with E-state index in [1.807, 2.05) is 47.2 Å². The first kappa shape index (κ1) is 26.5. The third kappa shape index (κ3) is 7.21. The van der Waals surface area contributed by atoms with Gasteiger partial charge in [-0.2, -0.15) is 13.2 Å². The van der Waals surface area contributed by atoms with E-state index >= 15 is 0 Å². The van der Waals surface area contributed by atoms with E-state index in [0.717, 1.165) is 17.3 Å². The lowest BCUT2D eigenvalue weighted by Gasteiger charge is -2.25. The molecule has 1 aromatic heterocycles. The van der Waals surface area contributed by atoms with E-state index in [1.165, 1.54) is 12.1 Å². The Hall–Kier alpha value is -3.06. The van der Waals surface area contributed by atoms with Gasteiger partial charge in [-0.15, -0.1) is 0 Å². The summed E-state index contributed by atoms with van der Waals surface area (Å²) in [7, 11) is 1.62. The van der Waals surface area contributed by atoms with Gasteiger partial charge >= 0.3 is 6.18 Å². The predicted octanol–water partition coefficient (Wildman–Crippen LogP) is 6.53. The molecule has 0 N–H and O–H groups in total. The first-order valence-electron chi connectivity index (χ1n) is 11.7. The Balaban J connectivity index is 1.81. The number of carbonyl (C=O) groups excluding carboxylic acids is 1. The van der Waals surface area contributed by atoms with Crippen LogP contribution in [0.1, 0.15) is 59.9 Å². The minimum atomic E-state index is -4.39. The maximum atomic E-state index is 13.4. The first-order chi connectivity index (χ1) is 16.5. The third-order valence-electron chi connectivity index (χ3n) is 5.95. The molecule has 35 heavy (non-hydrogen) atoms. The Morgan fingerprint density at radius 1 is 0.971 bits per heavy atom. The molecule has 0 bridgehead atoms. The van der Waals surface area contributed by atoms with Crippen LogP contribution in [0.3, 0.4) is 0 Å². The molecule has 0 saturated carbocycles. The highest BCUT2D eigenvalue weighted by atomic mass is 19.4. The molecule has 3 rings (SSSR count). The molecule has 0 spiro atoms. The number of ether oxygens (including phenoxy) is 1. The molecule has 0 aliphatic heterocycles. The van der Waals surface area contributed by atoms with Gasteiger partial charge in [0.1, 0.15) is 0 Å². The fourth-order valence-electron chi connectivity index (χ4n) is 3.93. The molecule has 0 atom stereocenters. The number of methoxy groups -OCH3 is 1. The largest absolute Gasteiger partial charge is 0.416 e. The van der Waals surface area contributed by atoms with E-state index in [2.05, 4.69) is 20.8 Å². The molecule has 0 radical (unpaired) electrons. The zero-order chi connectivity index (χ0) is 25.6. The maximum absolute atomic E-state index is 13.4. The SMILES string of the molecule is COCCCN(Cc1cccn1Cc1cccc(C(F)(F)F)c1)C(=O)c1ccc(C(C)(C)C)cc1. The minimum absolute atomic E-state index is 0.00994. The van der Waals surface area contributed by atoms with E-state index in [4.69, 9.17) is 4.74 Å². The zero-order valence-electron chi connectivity index (χ0n) is 20.7. The summed E-state index contributed by atoms with van der Waals surface area (Å²) in [5, 5.41) is 0. The summed E-state index contributed by atoms with van der Waals surface area (Å²) in [6.45, 7) is 8.03. The second-order valence-electron chi connectivity index (χ2n) is 9.73. The Labute approximate surface area is 205 Å². The molecule has 188 valence electrons. The zero-order valence-corrected chi connectivity index (χ0v) is 20.7. The summed E-state index contributed by atoms with van der Waals surface area (Å²) < 4.78 is 46.4. The molecule has 1 heterocycles. The Morgan fingerprint density at radius 3 is 2.31 bits per heavy atom.